The monoisotopic (exact) mass is 316 g/mol. The van der Waals surface area contributed by atoms with Crippen molar-refractivity contribution in [3.63, 3.8) is 0 Å². The predicted octanol–water partition coefficient (Wildman–Crippen LogP) is 2.81. The van der Waals surface area contributed by atoms with Crippen molar-refractivity contribution in [2.24, 2.45) is 11.8 Å². The molecule has 1 aliphatic carbocycles. The van der Waals surface area contributed by atoms with Gasteiger partial charge in [0.15, 0.2) is 6.61 Å². The summed E-state index contributed by atoms with van der Waals surface area (Å²) in [5.41, 5.74) is 1.92. The van der Waals surface area contributed by atoms with E-state index in [-0.39, 0.29) is 24.4 Å². The highest BCUT2D eigenvalue weighted by Gasteiger charge is 2.31. The number of nitrogens with one attached hydrogen (secondary N) is 1. The van der Waals surface area contributed by atoms with Crippen LogP contribution in [0.15, 0.2) is 24.3 Å². The summed E-state index contributed by atoms with van der Waals surface area (Å²) in [7, 11) is 0. The normalized spacial score (nSPS) is 18.6. The van der Waals surface area contributed by atoms with Gasteiger partial charge < -0.3 is 15.0 Å². The standard InChI is InChI=1S/C18H24N2O3/c1-13-8-10-20(11-9-13)16-6-4-15(5-7-16)19-17(21)12-23-18(22)14-2-3-14/h4-7,13-14H,2-3,8-12H2,1H3,(H,19,21). The molecule has 0 atom stereocenters. The zero-order valence-corrected chi connectivity index (χ0v) is 13.6. The number of anilines is 2. The molecule has 0 aromatic heterocycles. The Bertz CT molecular complexity index is 558. The lowest BCUT2D eigenvalue weighted by molar-refractivity contribution is -0.148. The van der Waals surface area contributed by atoms with E-state index in [1.807, 2.05) is 24.3 Å². The van der Waals surface area contributed by atoms with E-state index >= 15 is 0 Å². The summed E-state index contributed by atoms with van der Waals surface area (Å²) >= 11 is 0. The lowest BCUT2D eigenvalue weighted by Crippen LogP contribution is -2.32. The Morgan fingerprint density at radius 2 is 1.78 bits per heavy atom. The van der Waals surface area contributed by atoms with Gasteiger partial charge in [-0.3, -0.25) is 9.59 Å². The summed E-state index contributed by atoms with van der Waals surface area (Å²) in [6.45, 7) is 4.26. The number of nitrogens with zero attached hydrogens (tertiary/aromatic N) is 1. The Balaban J connectivity index is 1.46. The van der Waals surface area contributed by atoms with Crippen LogP contribution in [0.2, 0.25) is 0 Å². The molecule has 0 bridgehead atoms. The Morgan fingerprint density at radius 1 is 1.13 bits per heavy atom. The van der Waals surface area contributed by atoms with E-state index in [9.17, 15) is 9.59 Å². The second kappa shape index (κ2) is 7.02. The lowest BCUT2D eigenvalue weighted by atomic mass is 9.99. The first-order chi connectivity index (χ1) is 11.1. The fourth-order valence-electron chi connectivity index (χ4n) is 2.79. The number of amides is 1. The van der Waals surface area contributed by atoms with Gasteiger partial charge in [-0.2, -0.15) is 0 Å². The third-order valence-electron chi connectivity index (χ3n) is 4.56. The van der Waals surface area contributed by atoms with Crippen LogP contribution in [0.3, 0.4) is 0 Å². The maximum absolute atomic E-state index is 11.8. The number of esters is 1. The van der Waals surface area contributed by atoms with Crippen molar-refractivity contribution in [3.8, 4) is 0 Å². The van der Waals surface area contributed by atoms with Gasteiger partial charge >= 0.3 is 5.97 Å². The number of ether oxygens (including phenoxy) is 1. The summed E-state index contributed by atoms with van der Waals surface area (Å²) in [6, 6.07) is 7.85. The van der Waals surface area contributed by atoms with Gasteiger partial charge in [0.25, 0.3) is 5.91 Å². The van der Waals surface area contributed by atoms with Crippen LogP contribution in [-0.2, 0) is 14.3 Å². The van der Waals surface area contributed by atoms with Gasteiger partial charge in [-0.1, -0.05) is 6.92 Å². The van der Waals surface area contributed by atoms with E-state index in [2.05, 4.69) is 17.1 Å². The number of piperidine rings is 1. The largest absolute Gasteiger partial charge is 0.455 e. The topological polar surface area (TPSA) is 58.6 Å². The second-order valence-corrected chi connectivity index (χ2v) is 6.65. The minimum absolute atomic E-state index is 0.0225. The molecule has 0 unspecified atom stereocenters. The minimum Gasteiger partial charge on any atom is -0.455 e. The van der Waals surface area contributed by atoms with Crippen LogP contribution in [0.1, 0.15) is 32.6 Å². The van der Waals surface area contributed by atoms with Crippen molar-refractivity contribution in [1.29, 1.82) is 0 Å². The second-order valence-electron chi connectivity index (χ2n) is 6.65. The Labute approximate surface area is 137 Å². The quantitative estimate of drug-likeness (QED) is 0.849. The molecule has 1 saturated heterocycles. The van der Waals surface area contributed by atoms with Gasteiger partial charge in [0, 0.05) is 24.5 Å². The van der Waals surface area contributed by atoms with Gasteiger partial charge in [0.2, 0.25) is 0 Å². The van der Waals surface area contributed by atoms with Crippen molar-refractivity contribution in [1.82, 2.24) is 0 Å². The van der Waals surface area contributed by atoms with Crippen LogP contribution in [0.4, 0.5) is 11.4 Å². The third-order valence-corrected chi connectivity index (χ3v) is 4.56. The molecule has 2 aliphatic rings. The van der Waals surface area contributed by atoms with Gasteiger partial charge in [0.1, 0.15) is 0 Å². The summed E-state index contributed by atoms with van der Waals surface area (Å²) in [5, 5.41) is 2.76. The molecule has 0 spiro atoms. The molecule has 1 saturated carbocycles. The fourth-order valence-corrected chi connectivity index (χ4v) is 2.79. The van der Waals surface area contributed by atoms with E-state index in [0.717, 1.165) is 37.5 Å². The fraction of sp³-hybridized carbons (Fsp3) is 0.556. The van der Waals surface area contributed by atoms with Crippen molar-refractivity contribution in [3.05, 3.63) is 24.3 Å². The van der Waals surface area contributed by atoms with Gasteiger partial charge in [-0.25, -0.2) is 0 Å². The van der Waals surface area contributed by atoms with Crippen LogP contribution < -0.4 is 10.2 Å². The number of rotatable bonds is 5. The zero-order chi connectivity index (χ0) is 16.2. The van der Waals surface area contributed by atoms with E-state index in [1.54, 1.807) is 0 Å². The molecule has 1 N–H and O–H groups in total. The molecule has 2 fully saturated rings. The highest BCUT2D eigenvalue weighted by atomic mass is 16.5. The molecule has 1 heterocycles. The molecule has 1 aliphatic heterocycles. The molecule has 1 aromatic carbocycles. The van der Waals surface area contributed by atoms with E-state index in [1.165, 1.54) is 18.5 Å². The van der Waals surface area contributed by atoms with Gasteiger partial charge in [-0.05, 0) is 55.9 Å². The first-order valence-corrected chi connectivity index (χ1v) is 8.43. The Kier molecular flexibility index (Phi) is 4.84. The molecule has 1 amide bonds. The molecule has 5 heteroatoms. The Morgan fingerprint density at radius 3 is 2.39 bits per heavy atom. The average molecular weight is 316 g/mol. The summed E-state index contributed by atoms with van der Waals surface area (Å²) < 4.78 is 4.97. The molecule has 124 valence electrons. The van der Waals surface area contributed by atoms with Crippen LogP contribution in [-0.4, -0.2) is 31.6 Å². The molecule has 3 rings (SSSR count). The maximum Gasteiger partial charge on any atom is 0.309 e. The van der Waals surface area contributed by atoms with Crippen molar-refractivity contribution in [2.75, 3.05) is 29.9 Å². The third kappa shape index (κ3) is 4.47. The van der Waals surface area contributed by atoms with Gasteiger partial charge in [-0.15, -0.1) is 0 Å². The first kappa shape index (κ1) is 15.8. The summed E-state index contributed by atoms with van der Waals surface area (Å²) in [6.07, 6.45) is 4.23. The minimum atomic E-state index is -0.293. The molecular weight excluding hydrogens is 292 g/mol. The molecular formula is C18H24N2O3. The molecule has 23 heavy (non-hydrogen) atoms. The van der Waals surface area contributed by atoms with Crippen molar-refractivity contribution >= 4 is 23.3 Å². The number of benzene rings is 1. The smallest absolute Gasteiger partial charge is 0.309 e. The van der Waals surface area contributed by atoms with Crippen LogP contribution in [0.5, 0.6) is 0 Å². The zero-order valence-electron chi connectivity index (χ0n) is 13.6. The van der Waals surface area contributed by atoms with Crippen molar-refractivity contribution in [2.45, 2.75) is 32.6 Å². The number of carbonyl (C=O) groups is 2. The number of hydrogen-bond acceptors (Lipinski definition) is 4. The number of carbonyl (C=O) groups excluding carboxylic acids is 2. The Hall–Kier alpha value is -2.04. The first-order valence-electron chi connectivity index (χ1n) is 8.43. The SMILES string of the molecule is CC1CCN(c2ccc(NC(=O)COC(=O)C3CC3)cc2)CC1. The molecule has 0 radical (unpaired) electrons. The molecule has 5 nitrogen and oxygen atoms in total. The number of hydrogen-bond donors (Lipinski definition) is 1. The van der Waals surface area contributed by atoms with Crippen LogP contribution >= 0.6 is 0 Å². The van der Waals surface area contributed by atoms with Crippen LogP contribution in [0, 0.1) is 11.8 Å². The maximum atomic E-state index is 11.8. The van der Waals surface area contributed by atoms with Crippen LogP contribution in [0.25, 0.3) is 0 Å². The highest BCUT2D eigenvalue weighted by Crippen LogP contribution is 2.30. The summed E-state index contributed by atoms with van der Waals surface area (Å²) in [5.74, 6) is 0.283. The van der Waals surface area contributed by atoms with E-state index < -0.39 is 0 Å². The average Bonchev–Trinajstić information content (AvgIpc) is 3.39. The molecule has 1 aromatic rings. The predicted molar refractivity (Wildman–Crippen MR) is 89.4 cm³/mol. The summed E-state index contributed by atoms with van der Waals surface area (Å²) in [4.78, 5) is 25.6. The van der Waals surface area contributed by atoms with E-state index in [4.69, 9.17) is 4.74 Å². The van der Waals surface area contributed by atoms with Crippen molar-refractivity contribution < 1.29 is 14.3 Å². The lowest BCUT2D eigenvalue weighted by Gasteiger charge is -2.32. The highest BCUT2D eigenvalue weighted by molar-refractivity contribution is 5.93. The van der Waals surface area contributed by atoms with Gasteiger partial charge in [0.05, 0.1) is 5.92 Å². The van der Waals surface area contributed by atoms with E-state index in [0.29, 0.717) is 0 Å².